The molecule has 2 aromatic rings. The van der Waals surface area contributed by atoms with Crippen LogP contribution in [-0.2, 0) is 16.1 Å². The normalized spacial score (nSPS) is 16.4. The highest BCUT2D eigenvalue weighted by Crippen LogP contribution is 2.26. The predicted octanol–water partition coefficient (Wildman–Crippen LogP) is 2.20. The molecule has 3 rings (SSSR count). The van der Waals surface area contributed by atoms with Crippen LogP contribution in [0.4, 0.5) is 14.7 Å². The van der Waals surface area contributed by atoms with Crippen molar-refractivity contribution in [2.75, 3.05) is 18.0 Å². The first-order valence-electron chi connectivity index (χ1n) is 8.41. The summed E-state index contributed by atoms with van der Waals surface area (Å²) in [6.07, 6.45) is 2.19. The number of esters is 1. The number of benzene rings is 1. The Morgan fingerprint density at radius 3 is 2.74 bits per heavy atom. The largest absolute Gasteiger partial charge is 0.460 e. The second-order valence-electron chi connectivity index (χ2n) is 6.25. The van der Waals surface area contributed by atoms with Gasteiger partial charge in [-0.05, 0) is 6.42 Å². The van der Waals surface area contributed by atoms with Crippen molar-refractivity contribution in [2.45, 2.75) is 25.6 Å². The van der Waals surface area contributed by atoms with E-state index < -0.39 is 18.0 Å². The summed E-state index contributed by atoms with van der Waals surface area (Å²) < 4.78 is 33.0. The first-order chi connectivity index (χ1) is 12.9. The quantitative estimate of drug-likeness (QED) is 0.456. The van der Waals surface area contributed by atoms with Gasteiger partial charge in [0.2, 0.25) is 5.95 Å². The molecule has 0 radical (unpaired) electrons. The number of nitrogens with zero attached hydrogens (tertiary/aromatic N) is 3. The van der Waals surface area contributed by atoms with Gasteiger partial charge in [-0.2, -0.15) is 0 Å². The fourth-order valence-corrected chi connectivity index (χ4v) is 2.80. The van der Waals surface area contributed by atoms with E-state index in [1.807, 2.05) is 0 Å². The zero-order chi connectivity index (χ0) is 19.4. The highest BCUT2D eigenvalue weighted by molar-refractivity contribution is 5.94. The Balaban J connectivity index is 1.73. The lowest BCUT2D eigenvalue weighted by atomic mass is 10.1. The van der Waals surface area contributed by atoms with Crippen molar-refractivity contribution in [1.29, 1.82) is 5.41 Å². The van der Waals surface area contributed by atoms with Crippen LogP contribution in [0.1, 0.15) is 18.4 Å². The molecule has 1 aliphatic rings. The number of alkyl halides is 1. The van der Waals surface area contributed by atoms with Crippen molar-refractivity contribution in [3.8, 4) is 11.1 Å². The van der Waals surface area contributed by atoms with Gasteiger partial charge >= 0.3 is 5.97 Å². The number of hydrogen-bond donors (Lipinski definition) is 2. The molecule has 0 aliphatic carbocycles. The van der Waals surface area contributed by atoms with Crippen LogP contribution in [0.25, 0.3) is 11.1 Å². The van der Waals surface area contributed by atoms with Gasteiger partial charge in [-0.1, -0.05) is 18.2 Å². The molecule has 0 spiro atoms. The van der Waals surface area contributed by atoms with Crippen molar-refractivity contribution in [2.24, 2.45) is 5.73 Å². The third-order valence-corrected chi connectivity index (χ3v) is 4.16. The molecule has 142 valence electrons. The fraction of sp³-hybridized carbons (Fsp3) is 0.333. The summed E-state index contributed by atoms with van der Waals surface area (Å²) in [5.74, 6) is -1.15. The molecule has 3 N–H and O–H groups in total. The van der Waals surface area contributed by atoms with E-state index in [1.165, 1.54) is 18.5 Å². The first-order valence-corrected chi connectivity index (χ1v) is 8.41. The Hall–Kier alpha value is -3.10. The van der Waals surface area contributed by atoms with Crippen LogP contribution in [0.2, 0.25) is 0 Å². The summed E-state index contributed by atoms with van der Waals surface area (Å²) in [6.45, 7) is 0.543. The predicted molar refractivity (Wildman–Crippen MR) is 95.5 cm³/mol. The lowest BCUT2D eigenvalue weighted by Crippen LogP contribution is -2.22. The minimum atomic E-state index is -0.881. The molecule has 1 atom stereocenters. The van der Waals surface area contributed by atoms with Gasteiger partial charge in [0.05, 0.1) is 6.54 Å². The molecule has 0 saturated carbocycles. The Labute approximate surface area is 154 Å². The SMILES string of the molecule is N=C(N)CC(=O)OCc1cccc(-c2cnc(N3CC[C@H](F)C3)nc2)c1F. The molecule has 0 unspecified atom stereocenters. The van der Waals surface area contributed by atoms with Gasteiger partial charge < -0.3 is 15.4 Å². The molecule has 7 nitrogen and oxygen atoms in total. The number of nitrogens with one attached hydrogen (secondary N) is 1. The number of ether oxygens (including phenoxy) is 1. The van der Waals surface area contributed by atoms with Crippen molar-refractivity contribution in [3.63, 3.8) is 0 Å². The van der Waals surface area contributed by atoms with Gasteiger partial charge in [0.15, 0.2) is 0 Å². The van der Waals surface area contributed by atoms with Gasteiger partial charge in [-0.25, -0.2) is 18.7 Å². The summed E-state index contributed by atoms with van der Waals surface area (Å²) in [5.41, 5.74) is 6.05. The summed E-state index contributed by atoms with van der Waals surface area (Å²) >= 11 is 0. The minimum Gasteiger partial charge on any atom is -0.460 e. The highest BCUT2D eigenvalue weighted by Gasteiger charge is 2.23. The third-order valence-electron chi connectivity index (χ3n) is 4.16. The minimum absolute atomic E-state index is 0.188. The van der Waals surface area contributed by atoms with E-state index in [4.69, 9.17) is 15.9 Å². The van der Waals surface area contributed by atoms with Gasteiger partial charge in [0, 0.05) is 35.6 Å². The topological polar surface area (TPSA) is 105 Å². The maximum atomic E-state index is 14.8. The number of carbonyl (C=O) groups is 1. The molecule has 1 aromatic heterocycles. The van der Waals surface area contributed by atoms with Crippen molar-refractivity contribution in [1.82, 2.24) is 9.97 Å². The molecule has 9 heteroatoms. The number of nitrogens with two attached hydrogens (primary N) is 1. The summed E-state index contributed by atoms with van der Waals surface area (Å²) in [6, 6.07) is 4.71. The molecule has 0 bridgehead atoms. The van der Waals surface area contributed by atoms with Crippen molar-refractivity contribution < 1.29 is 18.3 Å². The van der Waals surface area contributed by atoms with E-state index >= 15 is 0 Å². The smallest absolute Gasteiger partial charge is 0.313 e. The Bertz CT molecular complexity index is 844. The Morgan fingerprint density at radius 2 is 2.11 bits per heavy atom. The fourth-order valence-electron chi connectivity index (χ4n) is 2.80. The number of hydrogen-bond acceptors (Lipinski definition) is 6. The molecular formula is C18H19F2N5O2. The first kappa shape index (κ1) is 18.7. The molecule has 1 saturated heterocycles. The second kappa shape index (κ2) is 8.07. The molecule has 0 amide bonds. The number of rotatable bonds is 6. The lowest BCUT2D eigenvalue weighted by molar-refractivity contribution is -0.143. The summed E-state index contributed by atoms with van der Waals surface area (Å²) in [5, 5.41) is 7.05. The molecule has 1 fully saturated rings. The zero-order valence-corrected chi connectivity index (χ0v) is 14.5. The standard InChI is InChI=1S/C18H19F2N5O2/c19-13-4-5-25(9-13)18-23-7-12(8-24-18)14-3-1-2-11(17(14)20)10-27-16(26)6-15(21)22/h1-3,7-8,13H,4-6,9-10H2,(H3,21,22)/t13-/m0/s1. The highest BCUT2D eigenvalue weighted by atomic mass is 19.1. The van der Waals surface area contributed by atoms with Crippen LogP contribution in [0.5, 0.6) is 0 Å². The van der Waals surface area contributed by atoms with Gasteiger partial charge in [-0.3, -0.25) is 10.2 Å². The van der Waals surface area contributed by atoms with Crippen LogP contribution in [0, 0.1) is 11.2 Å². The third kappa shape index (κ3) is 4.55. The number of aromatic nitrogens is 2. The van der Waals surface area contributed by atoms with E-state index in [-0.39, 0.29) is 36.5 Å². The molecule has 1 aromatic carbocycles. The van der Waals surface area contributed by atoms with Crippen LogP contribution in [0.3, 0.4) is 0 Å². The van der Waals surface area contributed by atoms with Crippen LogP contribution >= 0.6 is 0 Å². The van der Waals surface area contributed by atoms with E-state index in [2.05, 4.69) is 9.97 Å². The zero-order valence-electron chi connectivity index (χ0n) is 14.5. The number of halogens is 2. The van der Waals surface area contributed by atoms with Crippen molar-refractivity contribution >= 4 is 17.8 Å². The van der Waals surface area contributed by atoms with Crippen LogP contribution < -0.4 is 10.6 Å². The maximum absolute atomic E-state index is 14.8. The van der Waals surface area contributed by atoms with E-state index in [0.717, 1.165) is 0 Å². The second-order valence-corrected chi connectivity index (χ2v) is 6.25. The number of anilines is 1. The van der Waals surface area contributed by atoms with E-state index in [1.54, 1.807) is 17.0 Å². The molecule has 2 heterocycles. The average molecular weight is 375 g/mol. The lowest BCUT2D eigenvalue weighted by Gasteiger charge is -2.15. The number of carbonyl (C=O) groups excluding carboxylic acids is 1. The number of amidine groups is 1. The maximum Gasteiger partial charge on any atom is 0.313 e. The van der Waals surface area contributed by atoms with E-state index in [0.29, 0.717) is 24.5 Å². The summed E-state index contributed by atoms with van der Waals surface area (Å²) in [4.78, 5) is 21.6. The van der Waals surface area contributed by atoms with Crippen molar-refractivity contribution in [3.05, 3.63) is 42.0 Å². The monoisotopic (exact) mass is 375 g/mol. The Kier molecular flexibility index (Phi) is 5.58. The molecular weight excluding hydrogens is 356 g/mol. The van der Waals surface area contributed by atoms with Crippen LogP contribution in [-0.4, -0.2) is 41.0 Å². The van der Waals surface area contributed by atoms with Gasteiger partial charge in [0.1, 0.15) is 30.9 Å². The van der Waals surface area contributed by atoms with Gasteiger partial charge in [0.25, 0.3) is 0 Å². The van der Waals surface area contributed by atoms with E-state index in [9.17, 15) is 13.6 Å². The van der Waals surface area contributed by atoms with Crippen LogP contribution in [0.15, 0.2) is 30.6 Å². The molecule has 27 heavy (non-hydrogen) atoms. The summed E-state index contributed by atoms with van der Waals surface area (Å²) in [7, 11) is 0. The Morgan fingerprint density at radius 1 is 1.37 bits per heavy atom. The van der Waals surface area contributed by atoms with Gasteiger partial charge in [-0.15, -0.1) is 0 Å². The molecule has 1 aliphatic heterocycles. The average Bonchev–Trinajstić information content (AvgIpc) is 3.07.